The summed E-state index contributed by atoms with van der Waals surface area (Å²) in [4.78, 5) is 37.7. The van der Waals surface area contributed by atoms with Gasteiger partial charge in [-0.05, 0) is 50.3 Å². The quantitative estimate of drug-likeness (QED) is 0.530. The number of aliphatic hydroxyl groups is 1. The molecule has 1 aromatic rings. The van der Waals surface area contributed by atoms with E-state index in [9.17, 15) is 19.5 Å². The van der Waals surface area contributed by atoms with E-state index in [0.717, 1.165) is 35.1 Å². The highest BCUT2D eigenvalue weighted by atomic mass is 32.2. The largest absolute Gasteiger partial charge is 0.381 e. The summed E-state index contributed by atoms with van der Waals surface area (Å²) in [6.45, 7) is 6.99. The van der Waals surface area contributed by atoms with Crippen LogP contribution in [0.4, 0.5) is 0 Å². The zero-order chi connectivity index (χ0) is 24.7. The average molecular weight is 481 g/mol. The summed E-state index contributed by atoms with van der Waals surface area (Å²) in [5.74, 6) is 0.326. The Morgan fingerprint density at radius 3 is 2.44 bits per heavy atom. The van der Waals surface area contributed by atoms with Crippen LogP contribution in [0.3, 0.4) is 0 Å². The molecule has 1 spiro atoms. The molecular formula is C27H32N2O4S. The number of nitrogens with one attached hydrogen (secondary N) is 2. The number of hydrogen-bond acceptors (Lipinski definition) is 5. The SMILES string of the molecule is CC(=O)NC(CSCC1=CC=C2C(=O)[C@](C)(O)C3(CC3)C(C)=C12)C(=O)NC(C)c1ccccc1. The minimum absolute atomic E-state index is 0.178. The van der Waals surface area contributed by atoms with Crippen LogP contribution in [0.1, 0.15) is 52.1 Å². The maximum atomic E-state index is 13.0. The van der Waals surface area contributed by atoms with E-state index in [2.05, 4.69) is 10.6 Å². The summed E-state index contributed by atoms with van der Waals surface area (Å²) in [6, 6.07) is 8.84. The van der Waals surface area contributed by atoms with Crippen LogP contribution in [0.2, 0.25) is 0 Å². The molecule has 3 aliphatic carbocycles. The molecule has 0 aromatic heterocycles. The summed E-state index contributed by atoms with van der Waals surface area (Å²) in [5, 5.41) is 16.7. The smallest absolute Gasteiger partial charge is 0.243 e. The molecule has 0 radical (unpaired) electrons. The van der Waals surface area contributed by atoms with Gasteiger partial charge in [0, 0.05) is 29.4 Å². The topological polar surface area (TPSA) is 95.5 Å². The van der Waals surface area contributed by atoms with Crippen molar-refractivity contribution in [1.82, 2.24) is 10.6 Å². The van der Waals surface area contributed by atoms with E-state index in [-0.39, 0.29) is 23.6 Å². The van der Waals surface area contributed by atoms with Gasteiger partial charge in [0.2, 0.25) is 11.8 Å². The number of carbonyl (C=O) groups excluding carboxylic acids is 3. The number of ketones is 1. The second-order valence-corrected chi connectivity index (χ2v) is 10.7. The minimum Gasteiger partial charge on any atom is -0.381 e. The molecule has 2 unspecified atom stereocenters. The summed E-state index contributed by atoms with van der Waals surface area (Å²) in [6.07, 6.45) is 5.39. The number of thioether (sulfide) groups is 1. The standard InChI is InChI=1S/C27H32N2O4S/c1-16-23-20(10-11-21(23)24(31)26(4,33)27(16)12-13-27)14-34-15-22(29-18(3)30)25(32)28-17(2)19-8-6-5-7-9-19/h5-11,17,22,33H,12-15H2,1-4H3,(H,28,32)(H,29,30)/t17?,22?,26-/m0/s1. The van der Waals surface area contributed by atoms with Gasteiger partial charge in [-0.2, -0.15) is 11.8 Å². The van der Waals surface area contributed by atoms with Gasteiger partial charge < -0.3 is 15.7 Å². The maximum absolute atomic E-state index is 13.0. The summed E-state index contributed by atoms with van der Waals surface area (Å²) in [5.41, 5.74) is 2.86. The van der Waals surface area contributed by atoms with Gasteiger partial charge in [0.15, 0.2) is 5.78 Å². The molecule has 2 amide bonds. The van der Waals surface area contributed by atoms with Gasteiger partial charge in [0.1, 0.15) is 11.6 Å². The van der Waals surface area contributed by atoms with Gasteiger partial charge in [-0.15, -0.1) is 0 Å². The van der Waals surface area contributed by atoms with Crippen molar-refractivity contribution >= 4 is 29.4 Å². The van der Waals surface area contributed by atoms with Crippen LogP contribution >= 0.6 is 11.8 Å². The fourth-order valence-corrected chi connectivity index (χ4v) is 6.25. The van der Waals surface area contributed by atoms with Gasteiger partial charge in [0.05, 0.1) is 6.04 Å². The number of carbonyl (C=O) groups is 3. The second-order valence-electron chi connectivity index (χ2n) is 9.66. The molecule has 7 heteroatoms. The predicted octanol–water partition coefficient (Wildman–Crippen LogP) is 3.40. The molecular weight excluding hydrogens is 448 g/mol. The van der Waals surface area contributed by atoms with Crippen LogP contribution in [0, 0.1) is 5.41 Å². The maximum Gasteiger partial charge on any atom is 0.243 e. The molecule has 3 aliphatic rings. The molecule has 3 N–H and O–H groups in total. The van der Waals surface area contributed by atoms with Crippen molar-refractivity contribution in [2.24, 2.45) is 5.41 Å². The Hall–Kier alpha value is -2.64. The summed E-state index contributed by atoms with van der Waals surface area (Å²) in [7, 11) is 0. The number of fused-ring (bicyclic) bond motifs is 1. The third-order valence-electron chi connectivity index (χ3n) is 7.40. The van der Waals surface area contributed by atoms with Gasteiger partial charge >= 0.3 is 0 Å². The monoisotopic (exact) mass is 480 g/mol. The van der Waals surface area contributed by atoms with E-state index >= 15 is 0 Å². The third-order valence-corrected chi connectivity index (χ3v) is 8.48. The number of Topliss-reactive ketones (excluding diaryl/α,β-unsaturated/α-hetero) is 1. The highest BCUT2D eigenvalue weighted by Crippen LogP contribution is 2.64. The van der Waals surface area contributed by atoms with Crippen molar-refractivity contribution < 1.29 is 19.5 Å². The van der Waals surface area contributed by atoms with Crippen molar-refractivity contribution in [2.45, 2.75) is 58.2 Å². The Balaban J connectivity index is 1.41. The Bertz CT molecular complexity index is 1110. The molecule has 3 atom stereocenters. The molecule has 34 heavy (non-hydrogen) atoms. The lowest BCUT2D eigenvalue weighted by Gasteiger charge is -2.39. The van der Waals surface area contributed by atoms with Gasteiger partial charge in [-0.25, -0.2) is 0 Å². The van der Waals surface area contributed by atoms with E-state index in [1.54, 1.807) is 24.8 Å². The van der Waals surface area contributed by atoms with Crippen LogP contribution in [0.25, 0.3) is 0 Å². The van der Waals surface area contributed by atoms with Crippen molar-refractivity contribution in [3.63, 3.8) is 0 Å². The van der Waals surface area contributed by atoms with Crippen LogP contribution in [-0.4, -0.2) is 45.9 Å². The van der Waals surface area contributed by atoms with E-state index in [1.807, 2.05) is 50.3 Å². The van der Waals surface area contributed by atoms with Crippen molar-refractivity contribution in [3.05, 3.63) is 70.3 Å². The second kappa shape index (κ2) is 9.19. The minimum atomic E-state index is -1.35. The molecule has 6 nitrogen and oxygen atoms in total. The van der Waals surface area contributed by atoms with Crippen LogP contribution in [0.5, 0.6) is 0 Å². The van der Waals surface area contributed by atoms with Gasteiger partial charge in [-0.3, -0.25) is 14.4 Å². The number of rotatable bonds is 8. The first-order valence-corrected chi connectivity index (χ1v) is 12.8. The first-order valence-electron chi connectivity index (χ1n) is 11.7. The van der Waals surface area contributed by atoms with Crippen LogP contribution < -0.4 is 10.6 Å². The molecule has 1 saturated carbocycles. The van der Waals surface area contributed by atoms with E-state index < -0.39 is 17.1 Å². The highest BCUT2D eigenvalue weighted by molar-refractivity contribution is 7.99. The number of hydrogen-bond donors (Lipinski definition) is 3. The molecule has 4 rings (SSSR count). The lowest BCUT2D eigenvalue weighted by Crippen LogP contribution is -2.49. The van der Waals surface area contributed by atoms with Gasteiger partial charge in [0.25, 0.3) is 0 Å². The number of benzene rings is 1. The van der Waals surface area contributed by atoms with Crippen molar-refractivity contribution in [1.29, 1.82) is 0 Å². The molecule has 0 bridgehead atoms. The Morgan fingerprint density at radius 2 is 1.82 bits per heavy atom. The molecule has 180 valence electrons. The van der Waals surface area contributed by atoms with E-state index in [4.69, 9.17) is 0 Å². The average Bonchev–Trinajstić information content (AvgIpc) is 3.52. The molecule has 0 heterocycles. The lowest BCUT2D eigenvalue weighted by molar-refractivity contribution is -0.137. The summed E-state index contributed by atoms with van der Waals surface area (Å²) < 4.78 is 0. The fraction of sp³-hybridized carbons (Fsp3) is 0.444. The van der Waals surface area contributed by atoms with E-state index in [1.165, 1.54) is 6.92 Å². The fourth-order valence-electron chi connectivity index (χ4n) is 5.20. The first-order chi connectivity index (χ1) is 16.1. The first kappa shape index (κ1) is 24.5. The Morgan fingerprint density at radius 1 is 1.15 bits per heavy atom. The zero-order valence-corrected chi connectivity index (χ0v) is 20.9. The number of allylic oxidation sites excluding steroid dienone is 3. The summed E-state index contributed by atoms with van der Waals surface area (Å²) >= 11 is 1.55. The normalized spacial score (nSPS) is 24.2. The highest BCUT2D eigenvalue weighted by Gasteiger charge is 2.64. The molecule has 0 saturated heterocycles. The zero-order valence-electron chi connectivity index (χ0n) is 20.1. The van der Waals surface area contributed by atoms with E-state index in [0.29, 0.717) is 17.1 Å². The lowest BCUT2D eigenvalue weighted by atomic mass is 9.67. The Kier molecular flexibility index (Phi) is 6.62. The van der Waals surface area contributed by atoms with Crippen LogP contribution in [0.15, 0.2) is 64.8 Å². The molecule has 1 aromatic carbocycles. The van der Waals surface area contributed by atoms with Crippen molar-refractivity contribution in [2.75, 3.05) is 11.5 Å². The molecule has 0 aliphatic heterocycles. The van der Waals surface area contributed by atoms with Crippen LogP contribution in [-0.2, 0) is 14.4 Å². The predicted molar refractivity (Wildman–Crippen MR) is 134 cm³/mol. The Labute approximate surface area is 205 Å². The van der Waals surface area contributed by atoms with Gasteiger partial charge in [-0.1, -0.05) is 48.1 Å². The number of amides is 2. The molecule has 1 fully saturated rings. The van der Waals surface area contributed by atoms with Crippen molar-refractivity contribution in [3.8, 4) is 0 Å². The third kappa shape index (κ3) is 4.27.